The highest BCUT2D eigenvalue weighted by molar-refractivity contribution is 7.09. The van der Waals surface area contributed by atoms with E-state index in [1.165, 1.54) is 61.0 Å². The SMILES string of the molecule is CC[C@H](C)[C@@H]([C@@H](CC(=O)N1CCC[C@H]1[C@H](OC)[C@@H](C)C(=O)N[C@@H](Cc1ccccc1)c1nccs1)OC)N(C)C(=O)[C@@H](NC(=O)[C@H](C(C)C)N(C)C(=O)OCc1ccc(NC(=O)[C@H](CCCNC(N)=O)NC(=O)[C@@H](NC(=O)CCCCCN2C(=O)CC(C3CCCCCCCC3)C2=O)C(C)C)cc1)C(C)C. The normalized spacial score (nSPS) is 18.7. The molecule has 106 heavy (non-hydrogen) atoms. The van der Waals surface area contributed by atoms with E-state index in [4.69, 9.17) is 19.9 Å². The molecule has 0 radical (unpaired) electrons. The Bertz CT molecular complexity index is 3310. The lowest BCUT2D eigenvalue weighted by Gasteiger charge is -2.41. The largest absolute Gasteiger partial charge is 0.445 e. The number of imide groups is 1. The first-order valence-electron chi connectivity index (χ1n) is 38.5. The lowest BCUT2D eigenvalue weighted by Crippen LogP contribution is -2.60. The van der Waals surface area contributed by atoms with E-state index in [0.717, 1.165) is 36.3 Å². The third-order valence-corrected chi connectivity index (χ3v) is 22.3. The first kappa shape index (κ1) is 86.9. The molecule has 1 saturated carbocycles. The maximum Gasteiger partial charge on any atom is 0.410 e. The van der Waals surface area contributed by atoms with Gasteiger partial charge < -0.3 is 61.6 Å². The van der Waals surface area contributed by atoms with Gasteiger partial charge in [0.15, 0.2) is 0 Å². The minimum atomic E-state index is -1.11. The molecule has 1 aliphatic carbocycles. The third-order valence-electron chi connectivity index (χ3n) is 21.4. The zero-order valence-corrected chi connectivity index (χ0v) is 65.8. The fraction of sp³-hybridized carbons (Fsp3) is 0.671. The number of methoxy groups -OCH3 is 2. The van der Waals surface area contributed by atoms with Crippen LogP contribution in [0.15, 0.2) is 66.2 Å². The topological polar surface area (TPSA) is 340 Å². The van der Waals surface area contributed by atoms with E-state index in [1.807, 2.05) is 70.3 Å². The van der Waals surface area contributed by atoms with Crippen LogP contribution < -0.4 is 37.6 Å². The second-order valence-electron chi connectivity index (χ2n) is 30.2. The van der Waals surface area contributed by atoms with Gasteiger partial charge >= 0.3 is 12.1 Å². The van der Waals surface area contributed by atoms with Gasteiger partial charge in [0, 0.05) is 78.1 Å². The second kappa shape index (κ2) is 43.7. The number of nitrogens with zero attached hydrogens (tertiary/aromatic N) is 5. The van der Waals surface area contributed by atoms with Gasteiger partial charge in [-0.2, -0.15) is 0 Å². The Morgan fingerprint density at radius 3 is 1.97 bits per heavy atom. The van der Waals surface area contributed by atoms with E-state index in [-0.39, 0.29) is 105 Å². The number of unbranched alkanes of at least 4 members (excludes halogenated alkanes) is 2. The van der Waals surface area contributed by atoms with Crippen LogP contribution in [0.25, 0.3) is 0 Å². The van der Waals surface area contributed by atoms with Gasteiger partial charge in [-0.3, -0.25) is 53.0 Å². The van der Waals surface area contributed by atoms with Crippen LogP contribution in [0.3, 0.4) is 0 Å². The van der Waals surface area contributed by atoms with E-state index in [1.54, 1.807) is 82.1 Å². The van der Waals surface area contributed by atoms with Gasteiger partial charge in [-0.05, 0) is 111 Å². The lowest BCUT2D eigenvalue weighted by molar-refractivity contribution is -0.148. The summed E-state index contributed by atoms with van der Waals surface area (Å²) < 4.78 is 18.0. The molecule has 0 spiro atoms. The molecule has 27 heteroatoms. The highest BCUT2D eigenvalue weighted by atomic mass is 32.1. The quantitative estimate of drug-likeness (QED) is 0.0206. The average Bonchev–Trinajstić information content (AvgIpc) is 1.79. The van der Waals surface area contributed by atoms with Crippen LogP contribution in [0.5, 0.6) is 0 Å². The summed E-state index contributed by atoms with van der Waals surface area (Å²) in [5.74, 6) is -5.16. The summed E-state index contributed by atoms with van der Waals surface area (Å²) in [7, 11) is 6.18. The number of nitrogens with two attached hydrogens (primary N) is 1. The number of likely N-dealkylation sites (N-methyl/N-ethyl adjacent to an activating group) is 2. The Labute approximate surface area is 632 Å². The molecule has 3 fully saturated rings. The van der Waals surface area contributed by atoms with Crippen molar-refractivity contribution in [3.8, 4) is 0 Å². The Kier molecular flexibility index (Phi) is 35.8. The van der Waals surface area contributed by atoms with Crippen LogP contribution in [0.1, 0.15) is 206 Å². The monoisotopic (exact) mass is 1490 g/mol. The number of hydrogen-bond acceptors (Lipinski definition) is 16. The zero-order valence-electron chi connectivity index (χ0n) is 65.0. The summed E-state index contributed by atoms with van der Waals surface area (Å²) in [5.41, 5.74) is 7.23. The molecule has 1 unspecified atom stereocenters. The summed E-state index contributed by atoms with van der Waals surface area (Å²) in [4.78, 5) is 162. The fourth-order valence-electron chi connectivity index (χ4n) is 15.2. The van der Waals surface area contributed by atoms with E-state index >= 15 is 0 Å². The number of benzene rings is 2. The molecule has 26 nitrogen and oxygen atoms in total. The number of nitrogens with one attached hydrogen (secondary N) is 6. The smallest absolute Gasteiger partial charge is 0.410 e. The number of urea groups is 1. The molecular formula is C79H122N12O14S. The van der Waals surface area contributed by atoms with E-state index in [0.29, 0.717) is 69.3 Å². The summed E-state index contributed by atoms with van der Waals surface area (Å²) in [5, 5.41) is 19.8. The molecule has 6 rings (SSSR count). The molecule has 3 aromatic rings. The van der Waals surface area contributed by atoms with Crippen molar-refractivity contribution in [2.75, 3.05) is 53.3 Å². The summed E-state index contributed by atoms with van der Waals surface area (Å²) in [6.07, 6.45) is 13.2. The van der Waals surface area contributed by atoms with Crippen LogP contribution in [-0.4, -0.2) is 186 Å². The third kappa shape index (κ3) is 25.6. The minimum Gasteiger partial charge on any atom is -0.445 e. The number of likely N-dealkylation sites (tertiary alicyclic amines) is 2. The van der Waals surface area contributed by atoms with Crippen molar-refractivity contribution in [1.29, 1.82) is 0 Å². The van der Waals surface area contributed by atoms with E-state index in [9.17, 15) is 52.7 Å². The second-order valence-corrected chi connectivity index (χ2v) is 31.2. The summed E-state index contributed by atoms with van der Waals surface area (Å²) >= 11 is 1.47. The van der Waals surface area contributed by atoms with Crippen molar-refractivity contribution in [2.24, 2.45) is 47.2 Å². The molecule has 3 heterocycles. The van der Waals surface area contributed by atoms with Crippen molar-refractivity contribution in [3.63, 3.8) is 0 Å². The highest BCUT2D eigenvalue weighted by Crippen LogP contribution is 2.36. The molecule has 8 N–H and O–H groups in total. The number of ether oxygens (including phenoxy) is 3. The Morgan fingerprint density at radius 1 is 0.698 bits per heavy atom. The standard InChI is InChI=1S/C79H122N12O14S/c1-14-52(8)69(62(103-12)47-65(94)90-43-28-34-61(90)70(104-13)53(9)71(95)85-60(75-81-41-44-106-75)45-54-29-21-19-22-30-54)88(10)77(100)67(50(4)5)87-74(98)68(51(6)7)89(11)79(102)105-48-55-36-38-57(39-37-55)83-72(96)59(33-27-40-82-78(80)101)84-73(97)66(49(2)3)86-63(92)35-25-20-26-42-91-64(93)46-58(76(91)99)56-31-23-17-15-16-18-24-32-56/h19,21-22,29-30,36-39,41,44,49-53,56,58-62,66-70H,14-18,20,23-28,31-35,40,42-43,45-48H2,1-13H3,(H,83,96)(H,84,97)(H,85,95)(H,86,92)(H,87,98)(H3,80,82,101)/t52-,53+,58?,59-,60-,61-,62+,66-,67-,68-,69-,70+/m0/s1. The van der Waals surface area contributed by atoms with E-state index < -0.39 is 102 Å². The van der Waals surface area contributed by atoms with Gasteiger partial charge in [0.2, 0.25) is 53.2 Å². The van der Waals surface area contributed by atoms with Gasteiger partial charge in [0.25, 0.3) is 0 Å². The summed E-state index contributed by atoms with van der Waals surface area (Å²) in [6.45, 7) is 17.2. The fourth-order valence-corrected chi connectivity index (χ4v) is 15.9. The Morgan fingerprint density at radius 2 is 1.37 bits per heavy atom. The minimum absolute atomic E-state index is 0.0635. The highest BCUT2D eigenvalue weighted by Gasteiger charge is 2.45. The molecule has 588 valence electrons. The number of amides is 12. The lowest BCUT2D eigenvalue weighted by atomic mass is 9.83. The zero-order chi connectivity index (χ0) is 77.7. The maximum absolute atomic E-state index is 14.9. The van der Waals surface area contributed by atoms with Gasteiger partial charge in [0.05, 0.1) is 48.6 Å². The van der Waals surface area contributed by atoms with Crippen LogP contribution in [0.4, 0.5) is 15.3 Å². The predicted octanol–water partition coefficient (Wildman–Crippen LogP) is 9.60. The van der Waals surface area contributed by atoms with Crippen molar-refractivity contribution < 1.29 is 67.0 Å². The first-order chi connectivity index (χ1) is 50.6. The Balaban J connectivity index is 1.01. The van der Waals surface area contributed by atoms with Crippen LogP contribution >= 0.6 is 11.3 Å². The average molecular weight is 1500 g/mol. The predicted molar refractivity (Wildman–Crippen MR) is 407 cm³/mol. The van der Waals surface area contributed by atoms with Crippen molar-refractivity contribution in [3.05, 3.63) is 82.3 Å². The number of rotatable bonds is 40. The number of aromatic nitrogens is 1. The van der Waals surface area contributed by atoms with Crippen molar-refractivity contribution >= 4 is 82.3 Å². The number of carbonyl (C=O) groups is 11. The molecule has 2 saturated heterocycles. The summed E-state index contributed by atoms with van der Waals surface area (Å²) in [6, 6.07) is 9.95. The molecule has 12 amide bonds. The number of carbonyl (C=O) groups excluding carboxylic acids is 11. The Hall–Kier alpha value is -8.04. The van der Waals surface area contributed by atoms with Crippen LogP contribution in [0, 0.1) is 41.4 Å². The number of hydrogen-bond donors (Lipinski definition) is 7. The van der Waals surface area contributed by atoms with Crippen LogP contribution in [-0.2, 0) is 70.4 Å². The molecule has 1 aromatic heterocycles. The number of primary amides is 1. The molecule has 12 atom stereocenters. The number of anilines is 1. The molecule has 3 aliphatic rings. The van der Waals surface area contributed by atoms with Gasteiger partial charge in [-0.25, -0.2) is 14.6 Å². The number of thiazole rings is 1. The molecule has 2 aromatic carbocycles. The van der Waals surface area contributed by atoms with Gasteiger partial charge in [-0.15, -0.1) is 11.3 Å². The van der Waals surface area contributed by atoms with Crippen LogP contribution in [0.2, 0.25) is 0 Å². The first-order valence-corrected chi connectivity index (χ1v) is 39.4. The molecular weight excluding hydrogens is 1370 g/mol. The van der Waals surface area contributed by atoms with Crippen molar-refractivity contribution in [2.45, 2.75) is 252 Å². The van der Waals surface area contributed by atoms with Gasteiger partial charge in [-0.1, -0.05) is 156 Å². The maximum atomic E-state index is 14.9. The van der Waals surface area contributed by atoms with Crippen molar-refractivity contribution in [1.82, 2.24) is 51.2 Å². The van der Waals surface area contributed by atoms with E-state index in [2.05, 4.69) is 36.9 Å². The van der Waals surface area contributed by atoms with Gasteiger partial charge in [0.1, 0.15) is 35.8 Å². The molecule has 2 aliphatic heterocycles. The molecule has 0 bridgehead atoms.